The lowest BCUT2D eigenvalue weighted by atomic mass is 10.1. The number of benzene rings is 1. The van der Waals surface area contributed by atoms with Gasteiger partial charge in [0.2, 0.25) is 0 Å². The van der Waals surface area contributed by atoms with Crippen LogP contribution in [0.4, 0.5) is 0 Å². The van der Waals surface area contributed by atoms with Gasteiger partial charge in [-0.05, 0) is 24.6 Å². The minimum absolute atomic E-state index is 0.187. The lowest BCUT2D eigenvalue weighted by Gasteiger charge is -2.18. The van der Waals surface area contributed by atoms with Crippen LogP contribution < -0.4 is 5.32 Å². The zero-order chi connectivity index (χ0) is 13.8. The van der Waals surface area contributed by atoms with Crippen LogP contribution in [-0.2, 0) is 0 Å². The molecule has 2 aromatic rings. The Morgan fingerprint density at radius 1 is 1.32 bits per heavy atom. The molecule has 1 aromatic heterocycles. The third kappa shape index (κ3) is 3.93. The number of halogens is 2. The second-order valence-electron chi connectivity index (χ2n) is 4.57. The fraction of sp³-hybridized carbons (Fsp3) is 0.357. The van der Waals surface area contributed by atoms with E-state index in [-0.39, 0.29) is 6.04 Å². The van der Waals surface area contributed by atoms with Crippen molar-refractivity contribution < 1.29 is 0 Å². The normalized spacial score (nSPS) is 14.3. The van der Waals surface area contributed by atoms with Crippen LogP contribution in [-0.4, -0.2) is 11.5 Å². The number of nitrogens with zero attached hydrogens (tertiary/aromatic N) is 1. The first kappa shape index (κ1) is 14.8. The molecule has 102 valence electrons. The van der Waals surface area contributed by atoms with Crippen molar-refractivity contribution in [1.29, 1.82) is 0 Å². The molecule has 0 spiro atoms. The second kappa shape index (κ2) is 6.71. The molecule has 0 aliphatic carbocycles. The van der Waals surface area contributed by atoms with Gasteiger partial charge in [0, 0.05) is 40.1 Å². The SMILES string of the molecule is CC(CNC(C)c1ccc(Cl)cc1Cl)c1nccs1. The highest BCUT2D eigenvalue weighted by atomic mass is 35.5. The Bertz CT molecular complexity index is 528. The summed E-state index contributed by atoms with van der Waals surface area (Å²) in [6.07, 6.45) is 1.84. The van der Waals surface area contributed by atoms with Crippen LogP contribution in [0.2, 0.25) is 10.0 Å². The summed E-state index contributed by atoms with van der Waals surface area (Å²) in [5.41, 5.74) is 1.07. The smallest absolute Gasteiger partial charge is 0.0965 e. The molecule has 0 fully saturated rings. The van der Waals surface area contributed by atoms with Gasteiger partial charge in [0.05, 0.1) is 5.01 Å². The highest BCUT2D eigenvalue weighted by Gasteiger charge is 2.13. The Labute approximate surface area is 127 Å². The van der Waals surface area contributed by atoms with E-state index >= 15 is 0 Å². The zero-order valence-corrected chi connectivity index (χ0v) is 13.2. The lowest BCUT2D eigenvalue weighted by molar-refractivity contribution is 0.536. The zero-order valence-electron chi connectivity index (χ0n) is 10.9. The van der Waals surface area contributed by atoms with Gasteiger partial charge in [0.25, 0.3) is 0 Å². The molecule has 2 unspecified atom stereocenters. The molecule has 5 heteroatoms. The highest BCUT2D eigenvalue weighted by molar-refractivity contribution is 7.09. The summed E-state index contributed by atoms with van der Waals surface area (Å²) >= 11 is 13.8. The van der Waals surface area contributed by atoms with Crippen LogP contribution in [0.5, 0.6) is 0 Å². The predicted molar refractivity (Wildman–Crippen MR) is 83.4 cm³/mol. The molecule has 1 heterocycles. The average Bonchev–Trinajstić information content (AvgIpc) is 2.89. The Hall–Kier alpha value is -0.610. The Balaban J connectivity index is 1.96. The van der Waals surface area contributed by atoms with Crippen LogP contribution in [0, 0.1) is 0 Å². The summed E-state index contributed by atoms with van der Waals surface area (Å²) in [6.45, 7) is 5.14. The van der Waals surface area contributed by atoms with Gasteiger partial charge < -0.3 is 5.32 Å². The van der Waals surface area contributed by atoms with Crippen molar-refractivity contribution in [2.45, 2.75) is 25.8 Å². The Kier molecular flexibility index (Phi) is 5.22. The molecule has 0 saturated heterocycles. The summed E-state index contributed by atoms with van der Waals surface area (Å²) in [4.78, 5) is 4.33. The van der Waals surface area contributed by atoms with Gasteiger partial charge in [-0.3, -0.25) is 0 Å². The number of hydrogen-bond acceptors (Lipinski definition) is 3. The maximum Gasteiger partial charge on any atom is 0.0965 e. The first-order valence-electron chi connectivity index (χ1n) is 6.15. The standard InChI is InChI=1S/C14H16Cl2N2S/c1-9(14-17-5-6-19-14)8-18-10(2)12-4-3-11(15)7-13(12)16/h3-7,9-10,18H,8H2,1-2H3. The van der Waals surface area contributed by atoms with E-state index in [2.05, 4.69) is 24.1 Å². The molecule has 0 radical (unpaired) electrons. The molecule has 0 aliphatic heterocycles. The topological polar surface area (TPSA) is 24.9 Å². The monoisotopic (exact) mass is 314 g/mol. The summed E-state index contributed by atoms with van der Waals surface area (Å²) < 4.78 is 0. The third-order valence-electron chi connectivity index (χ3n) is 3.03. The van der Waals surface area contributed by atoms with Crippen molar-refractivity contribution in [2.24, 2.45) is 0 Å². The molecular formula is C14H16Cl2N2S. The first-order chi connectivity index (χ1) is 9.08. The molecule has 2 atom stereocenters. The molecular weight excluding hydrogens is 299 g/mol. The van der Waals surface area contributed by atoms with Crippen molar-refractivity contribution in [3.8, 4) is 0 Å². The first-order valence-corrected chi connectivity index (χ1v) is 7.79. The fourth-order valence-electron chi connectivity index (χ4n) is 1.88. The predicted octanol–water partition coefficient (Wildman–Crippen LogP) is 4.90. The lowest BCUT2D eigenvalue weighted by Crippen LogP contribution is -2.23. The van der Waals surface area contributed by atoms with E-state index in [9.17, 15) is 0 Å². The van der Waals surface area contributed by atoms with Crippen molar-refractivity contribution >= 4 is 34.5 Å². The minimum Gasteiger partial charge on any atom is -0.309 e. The highest BCUT2D eigenvalue weighted by Crippen LogP contribution is 2.26. The molecule has 19 heavy (non-hydrogen) atoms. The van der Waals surface area contributed by atoms with Gasteiger partial charge in [0.15, 0.2) is 0 Å². The van der Waals surface area contributed by atoms with Crippen LogP contribution in [0.25, 0.3) is 0 Å². The van der Waals surface area contributed by atoms with Crippen LogP contribution >= 0.6 is 34.5 Å². The van der Waals surface area contributed by atoms with Gasteiger partial charge >= 0.3 is 0 Å². The van der Waals surface area contributed by atoms with Crippen molar-refractivity contribution in [3.63, 3.8) is 0 Å². The second-order valence-corrected chi connectivity index (χ2v) is 6.34. The van der Waals surface area contributed by atoms with E-state index in [0.29, 0.717) is 16.0 Å². The van der Waals surface area contributed by atoms with Gasteiger partial charge in [-0.25, -0.2) is 4.98 Å². The van der Waals surface area contributed by atoms with Gasteiger partial charge in [-0.2, -0.15) is 0 Å². The maximum absolute atomic E-state index is 6.20. The molecule has 0 bridgehead atoms. The molecule has 0 amide bonds. The van der Waals surface area contributed by atoms with E-state index in [4.69, 9.17) is 23.2 Å². The maximum atomic E-state index is 6.20. The number of nitrogens with one attached hydrogen (secondary N) is 1. The van der Waals surface area contributed by atoms with E-state index in [0.717, 1.165) is 17.1 Å². The summed E-state index contributed by atoms with van der Waals surface area (Å²) in [6, 6.07) is 5.80. The summed E-state index contributed by atoms with van der Waals surface area (Å²) in [5.74, 6) is 0.397. The van der Waals surface area contributed by atoms with Gasteiger partial charge in [-0.15, -0.1) is 11.3 Å². The molecule has 1 aromatic carbocycles. The van der Waals surface area contributed by atoms with Crippen molar-refractivity contribution in [2.75, 3.05) is 6.54 Å². The fourth-order valence-corrected chi connectivity index (χ4v) is 3.15. The Morgan fingerprint density at radius 2 is 2.11 bits per heavy atom. The van der Waals surface area contributed by atoms with Crippen LogP contribution in [0.1, 0.15) is 36.4 Å². The molecule has 2 nitrogen and oxygen atoms in total. The minimum atomic E-state index is 0.187. The molecule has 0 saturated carbocycles. The van der Waals surface area contributed by atoms with E-state index < -0.39 is 0 Å². The quantitative estimate of drug-likeness (QED) is 0.848. The molecule has 1 N–H and O–H groups in total. The van der Waals surface area contributed by atoms with Crippen LogP contribution in [0.15, 0.2) is 29.8 Å². The third-order valence-corrected chi connectivity index (χ3v) is 4.60. The van der Waals surface area contributed by atoms with Crippen LogP contribution in [0.3, 0.4) is 0 Å². The summed E-state index contributed by atoms with van der Waals surface area (Å²) in [7, 11) is 0. The number of hydrogen-bond donors (Lipinski definition) is 1. The van der Waals surface area contributed by atoms with Crippen molar-refractivity contribution in [3.05, 3.63) is 50.4 Å². The average molecular weight is 315 g/mol. The number of thiazole rings is 1. The molecule has 2 rings (SSSR count). The van der Waals surface area contributed by atoms with Crippen molar-refractivity contribution in [1.82, 2.24) is 10.3 Å². The number of rotatable bonds is 5. The van der Waals surface area contributed by atoms with Gasteiger partial charge in [0.1, 0.15) is 0 Å². The Morgan fingerprint density at radius 3 is 2.74 bits per heavy atom. The van der Waals surface area contributed by atoms with E-state index in [1.54, 1.807) is 17.4 Å². The van der Waals surface area contributed by atoms with Gasteiger partial charge in [-0.1, -0.05) is 36.2 Å². The largest absolute Gasteiger partial charge is 0.309 e. The van der Waals surface area contributed by atoms with E-state index in [1.807, 2.05) is 23.7 Å². The van der Waals surface area contributed by atoms with E-state index in [1.165, 1.54) is 0 Å². The molecule has 0 aliphatic rings. The summed E-state index contributed by atoms with van der Waals surface area (Å²) in [5, 5.41) is 8.01. The number of aromatic nitrogens is 1.